The SMILES string of the molecule is CCC(C)CCCCCCCCCCCCCCCCC(=O)O[C@H](COC(=O)CCCCCCCCC(C)C)COP(=O)(O)OC[C@H](O)COP(=O)(O)OC[C@@H](COC(=O)CCCCCCCCCCCCCCCCCCCCC(C)C)OC(=O)CCCCCCCCCCCCCCCCCC(C)C. The summed E-state index contributed by atoms with van der Waals surface area (Å²) in [4.78, 5) is 73.2. The molecular formula is C87H170O17P2. The number of phosphoric acid groups is 2. The first-order valence-electron chi connectivity index (χ1n) is 44.7. The first kappa shape index (κ1) is 104. The molecule has 0 aliphatic rings. The molecule has 19 heteroatoms. The second-order valence-electron chi connectivity index (χ2n) is 33.0. The maximum Gasteiger partial charge on any atom is 0.472 e. The number of aliphatic hydroxyl groups is 1. The third-order valence-electron chi connectivity index (χ3n) is 20.7. The molecule has 0 aliphatic heterocycles. The van der Waals surface area contributed by atoms with Gasteiger partial charge in [-0.2, -0.15) is 0 Å². The molecule has 0 saturated carbocycles. The van der Waals surface area contributed by atoms with Crippen LogP contribution < -0.4 is 0 Å². The Morgan fingerprint density at radius 1 is 0.264 bits per heavy atom. The Balaban J connectivity index is 5.21. The molecule has 0 spiro atoms. The predicted octanol–water partition coefficient (Wildman–Crippen LogP) is 26.3. The second-order valence-corrected chi connectivity index (χ2v) is 35.9. The highest BCUT2D eigenvalue weighted by molar-refractivity contribution is 7.47. The fourth-order valence-corrected chi connectivity index (χ4v) is 15.0. The molecule has 0 radical (unpaired) electrons. The Labute approximate surface area is 651 Å². The Morgan fingerprint density at radius 3 is 0.670 bits per heavy atom. The Morgan fingerprint density at radius 2 is 0.453 bits per heavy atom. The van der Waals surface area contributed by atoms with Crippen LogP contribution in [0.5, 0.6) is 0 Å². The van der Waals surface area contributed by atoms with Crippen LogP contribution in [0.1, 0.15) is 453 Å². The summed E-state index contributed by atoms with van der Waals surface area (Å²) in [5.41, 5.74) is 0. The number of aliphatic hydroxyl groups excluding tert-OH is 1. The van der Waals surface area contributed by atoms with Crippen molar-refractivity contribution in [3.63, 3.8) is 0 Å². The van der Waals surface area contributed by atoms with Gasteiger partial charge in [0.15, 0.2) is 12.2 Å². The van der Waals surface area contributed by atoms with E-state index in [1.54, 1.807) is 0 Å². The van der Waals surface area contributed by atoms with E-state index in [9.17, 15) is 43.2 Å². The van der Waals surface area contributed by atoms with Crippen molar-refractivity contribution in [1.82, 2.24) is 0 Å². The predicted molar refractivity (Wildman–Crippen MR) is 437 cm³/mol. The fraction of sp³-hybridized carbons (Fsp3) is 0.954. The molecule has 106 heavy (non-hydrogen) atoms. The summed E-state index contributed by atoms with van der Waals surface area (Å²) in [5, 5.41) is 10.7. The molecule has 0 aromatic carbocycles. The van der Waals surface area contributed by atoms with E-state index < -0.39 is 97.5 Å². The van der Waals surface area contributed by atoms with Gasteiger partial charge < -0.3 is 33.8 Å². The van der Waals surface area contributed by atoms with Crippen molar-refractivity contribution < 1.29 is 80.2 Å². The van der Waals surface area contributed by atoms with Gasteiger partial charge in [-0.1, -0.05) is 402 Å². The van der Waals surface area contributed by atoms with Crippen LogP contribution in [0, 0.1) is 23.7 Å². The number of esters is 4. The lowest BCUT2D eigenvalue weighted by Crippen LogP contribution is -2.30. The van der Waals surface area contributed by atoms with Crippen molar-refractivity contribution in [2.24, 2.45) is 23.7 Å². The van der Waals surface area contributed by atoms with Gasteiger partial charge in [0, 0.05) is 25.7 Å². The van der Waals surface area contributed by atoms with Gasteiger partial charge in [-0.05, 0) is 49.4 Å². The molecule has 630 valence electrons. The quantitative estimate of drug-likeness (QED) is 0.0222. The molecule has 0 saturated heterocycles. The van der Waals surface area contributed by atoms with Gasteiger partial charge in [0.1, 0.15) is 19.3 Å². The fourth-order valence-electron chi connectivity index (χ4n) is 13.5. The number of carbonyl (C=O) groups excluding carboxylic acids is 4. The number of unbranched alkanes of at least 4 members (excludes halogenated alkanes) is 49. The van der Waals surface area contributed by atoms with Crippen molar-refractivity contribution in [2.45, 2.75) is 472 Å². The molecule has 6 atom stereocenters. The number of rotatable bonds is 84. The topological polar surface area (TPSA) is 237 Å². The summed E-state index contributed by atoms with van der Waals surface area (Å²) in [5.74, 6) is 1.04. The van der Waals surface area contributed by atoms with E-state index in [0.29, 0.717) is 31.6 Å². The van der Waals surface area contributed by atoms with Gasteiger partial charge in [0.2, 0.25) is 0 Å². The van der Waals surface area contributed by atoms with Crippen LogP contribution in [0.25, 0.3) is 0 Å². The third-order valence-corrected chi connectivity index (χ3v) is 22.6. The molecule has 17 nitrogen and oxygen atoms in total. The Hall–Kier alpha value is -1.94. The van der Waals surface area contributed by atoms with Crippen LogP contribution in [-0.4, -0.2) is 96.7 Å². The average Bonchev–Trinajstić information content (AvgIpc) is 0.901. The van der Waals surface area contributed by atoms with E-state index in [1.165, 1.54) is 250 Å². The molecule has 0 rings (SSSR count). The highest BCUT2D eigenvalue weighted by Crippen LogP contribution is 2.45. The van der Waals surface area contributed by atoms with Crippen LogP contribution in [0.15, 0.2) is 0 Å². The number of phosphoric ester groups is 2. The molecule has 0 amide bonds. The van der Waals surface area contributed by atoms with E-state index in [4.69, 9.17) is 37.0 Å². The number of hydrogen-bond acceptors (Lipinski definition) is 15. The smallest absolute Gasteiger partial charge is 0.462 e. The monoisotopic (exact) mass is 1550 g/mol. The highest BCUT2D eigenvalue weighted by atomic mass is 31.2. The lowest BCUT2D eigenvalue weighted by molar-refractivity contribution is -0.161. The number of ether oxygens (including phenoxy) is 4. The van der Waals surface area contributed by atoms with Gasteiger partial charge in [-0.25, -0.2) is 9.13 Å². The lowest BCUT2D eigenvalue weighted by atomic mass is 9.99. The van der Waals surface area contributed by atoms with Crippen LogP contribution in [0.4, 0.5) is 0 Å². The zero-order valence-corrected chi connectivity index (χ0v) is 71.9. The van der Waals surface area contributed by atoms with Crippen molar-refractivity contribution in [3.8, 4) is 0 Å². The molecule has 0 aliphatic carbocycles. The first-order valence-corrected chi connectivity index (χ1v) is 47.7. The minimum absolute atomic E-state index is 0.106. The number of carbonyl (C=O) groups is 4. The van der Waals surface area contributed by atoms with Crippen LogP contribution >= 0.6 is 15.6 Å². The number of hydrogen-bond donors (Lipinski definition) is 3. The molecule has 0 fully saturated rings. The first-order chi connectivity index (χ1) is 51.1. The molecule has 0 heterocycles. The molecule has 3 N–H and O–H groups in total. The summed E-state index contributed by atoms with van der Waals surface area (Å²) in [6.45, 7) is 14.3. The maximum atomic E-state index is 13.1. The lowest BCUT2D eigenvalue weighted by Gasteiger charge is -2.21. The van der Waals surface area contributed by atoms with E-state index in [2.05, 4.69) is 55.4 Å². The van der Waals surface area contributed by atoms with Crippen molar-refractivity contribution in [1.29, 1.82) is 0 Å². The van der Waals surface area contributed by atoms with Gasteiger partial charge in [-0.3, -0.25) is 37.3 Å². The second kappa shape index (κ2) is 75.7. The van der Waals surface area contributed by atoms with Gasteiger partial charge in [0.25, 0.3) is 0 Å². The summed E-state index contributed by atoms with van der Waals surface area (Å²) >= 11 is 0. The molecule has 0 bridgehead atoms. The van der Waals surface area contributed by atoms with E-state index in [-0.39, 0.29) is 25.7 Å². The molecule has 3 unspecified atom stereocenters. The molecular weight excluding hydrogens is 1380 g/mol. The van der Waals surface area contributed by atoms with E-state index in [0.717, 1.165) is 114 Å². The maximum absolute atomic E-state index is 13.1. The Kier molecular flexibility index (Phi) is 74.3. The van der Waals surface area contributed by atoms with Gasteiger partial charge in [0.05, 0.1) is 26.4 Å². The minimum atomic E-state index is -4.97. The largest absolute Gasteiger partial charge is 0.472 e. The van der Waals surface area contributed by atoms with Crippen LogP contribution in [-0.2, 0) is 65.4 Å². The van der Waals surface area contributed by atoms with Crippen LogP contribution in [0.2, 0.25) is 0 Å². The summed E-state index contributed by atoms with van der Waals surface area (Å²) in [6.07, 6.45) is 65.4. The minimum Gasteiger partial charge on any atom is -0.462 e. The Bertz CT molecular complexity index is 2060. The average molecular weight is 1550 g/mol. The van der Waals surface area contributed by atoms with E-state index >= 15 is 0 Å². The highest BCUT2D eigenvalue weighted by Gasteiger charge is 2.31. The third kappa shape index (κ3) is 78.7. The normalized spacial score (nSPS) is 14.2. The van der Waals surface area contributed by atoms with E-state index in [1.807, 2.05) is 0 Å². The zero-order chi connectivity index (χ0) is 78.1. The summed E-state index contributed by atoms with van der Waals surface area (Å²) in [6, 6.07) is 0. The van der Waals surface area contributed by atoms with Crippen molar-refractivity contribution >= 4 is 39.5 Å². The zero-order valence-electron chi connectivity index (χ0n) is 70.1. The summed E-state index contributed by atoms with van der Waals surface area (Å²) < 4.78 is 68.9. The standard InChI is InChI=1S/C87H170O17P2/c1-9-80(8)66-58-50-41-35-29-23-19-20-26-32-38-44-54-62-70-87(92)104-83(74-98-85(90)68-60-52-46-45-49-57-65-79(6)7)76-102-106(95,96)100-72-81(88)71-99-105(93,94)101-75-82(103-86(91)69-61-53-43-37-31-25-18-14-16-22-28-34-40-48-56-64-78(4)5)73-97-84(89)67-59-51-42-36-30-24-17-13-11-10-12-15-21-27-33-39-47-55-63-77(2)3/h77-83,88H,9-76H2,1-8H3,(H,93,94)(H,95,96)/t80?,81-,82-,83-/m1/s1. The van der Waals surface area contributed by atoms with Crippen molar-refractivity contribution in [3.05, 3.63) is 0 Å². The molecule has 0 aromatic rings. The van der Waals surface area contributed by atoms with Gasteiger partial charge in [-0.15, -0.1) is 0 Å². The molecule has 0 aromatic heterocycles. The van der Waals surface area contributed by atoms with Crippen molar-refractivity contribution in [2.75, 3.05) is 39.6 Å². The van der Waals surface area contributed by atoms with Gasteiger partial charge >= 0.3 is 39.5 Å². The summed E-state index contributed by atoms with van der Waals surface area (Å²) in [7, 11) is -9.93. The van der Waals surface area contributed by atoms with Crippen LogP contribution in [0.3, 0.4) is 0 Å².